The van der Waals surface area contributed by atoms with Crippen molar-refractivity contribution in [1.29, 1.82) is 0 Å². The number of carbonyl (C=O) groups excluding carboxylic acids is 2. The van der Waals surface area contributed by atoms with Crippen LogP contribution in [0.5, 0.6) is 0 Å². The number of fused-ring (bicyclic) bond motifs is 1. The van der Waals surface area contributed by atoms with E-state index in [9.17, 15) is 19.8 Å². The van der Waals surface area contributed by atoms with Gasteiger partial charge in [0.15, 0.2) is 0 Å². The molecule has 6 nitrogen and oxygen atoms in total. The molecule has 0 unspecified atom stereocenters. The van der Waals surface area contributed by atoms with E-state index in [4.69, 9.17) is 9.47 Å². The van der Waals surface area contributed by atoms with Crippen molar-refractivity contribution in [3.63, 3.8) is 0 Å². The monoisotopic (exact) mass is 348 g/mol. The van der Waals surface area contributed by atoms with Crippen LogP contribution in [0.4, 0.5) is 0 Å². The molecule has 136 valence electrons. The predicted molar refractivity (Wildman–Crippen MR) is 91.4 cm³/mol. The molecule has 1 heterocycles. The van der Waals surface area contributed by atoms with Crippen molar-refractivity contribution in [1.82, 2.24) is 0 Å². The molecule has 0 aromatic carbocycles. The summed E-state index contributed by atoms with van der Waals surface area (Å²) in [6.45, 7) is 10.4. The summed E-state index contributed by atoms with van der Waals surface area (Å²) in [7, 11) is 0. The average molecular weight is 348 g/mol. The maximum absolute atomic E-state index is 12.0. The van der Waals surface area contributed by atoms with Crippen LogP contribution in [0.15, 0.2) is 47.6 Å². The molecule has 1 fully saturated rings. The molecule has 25 heavy (non-hydrogen) atoms. The van der Waals surface area contributed by atoms with Crippen LogP contribution in [0.1, 0.15) is 26.7 Å². The Hall–Kier alpha value is -2.18. The topological polar surface area (TPSA) is 93.1 Å². The van der Waals surface area contributed by atoms with Crippen molar-refractivity contribution < 1.29 is 29.3 Å². The lowest BCUT2D eigenvalue weighted by Crippen LogP contribution is -2.34. The van der Waals surface area contributed by atoms with Crippen molar-refractivity contribution in [3.05, 3.63) is 47.6 Å². The van der Waals surface area contributed by atoms with Crippen LogP contribution in [0.25, 0.3) is 0 Å². The minimum Gasteiger partial charge on any atom is -0.458 e. The zero-order valence-corrected chi connectivity index (χ0v) is 14.5. The molecule has 0 aromatic rings. The lowest BCUT2D eigenvalue weighted by Gasteiger charge is -2.28. The van der Waals surface area contributed by atoms with Gasteiger partial charge in [0.2, 0.25) is 0 Å². The van der Waals surface area contributed by atoms with E-state index in [1.54, 1.807) is 12.2 Å². The van der Waals surface area contributed by atoms with E-state index in [2.05, 4.69) is 13.2 Å². The number of carbonyl (C=O) groups is 2. The fourth-order valence-electron chi connectivity index (χ4n) is 3.11. The summed E-state index contributed by atoms with van der Waals surface area (Å²) in [6, 6.07) is 0. The Morgan fingerprint density at radius 3 is 2.68 bits per heavy atom. The molecule has 0 aromatic heterocycles. The Labute approximate surface area is 147 Å². The third-order valence-corrected chi connectivity index (χ3v) is 4.34. The SMILES string of the molecule is C=C(C)C(=O)O[C@@H]1C/C(CO)=C\[C@@H](O)C/C(C)=C/[C@H]2OC(=O)C(=C)[C@@H]21. The maximum atomic E-state index is 12.0. The number of hydrogen-bond acceptors (Lipinski definition) is 6. The van der Waals surface area contributed by atoms with Gasteiger partial charge in [-0.05, 0) is 31.9 Å². The highest BCUT2D eigenvalue weighted by atomic mass is 16.6. The maximum Gasteiger partial charge on any atom is 0.334 e. The van der Waals surface area contributed by atoms with Crippen molar-refractivity contribution in [2.75, 3.05) is 6.61 Å². The highest BCUT2D eigenvalue weighted by Gasteiger charge is 2.44. The van der Waals surface area contributed by atoms with Gasteiger partial charge in [-0.15, -0.1) is 0 Å². The lowest BCUT2D eigenvalue weighted by molar-refractivity contribution is -0.147. The molecule has 1 aliphatic heterocycles. The summed E-state index contributed by atoms with van der Waals surface area (Å²) in [5.74, 6) is -1.69. The molecule has 0 amide bonds. The summed E-state index contributed by atoms with van der Waals surface area (Å²) in [5.41, 5.74) is 1.80. The van der Waals surface area contributed by atoms with E-state index in [0.717, 1.165) is 5.57 Å². The number of ether oxygens (including phenoxy) is 2. The fourth-order valence-corrected chi connectivity index (χ4v) is 3.11. The van der Waals surface area contributed by atoms with Gasteiger partial charge in [0.25, 0.3) is 0 Å². The molecule has 0 radical (unpaired) electrons. The first kappa shape index (κ1) is 19.1. The van der Waals surface area contributed by atoms with Gasteiger partial charge in [0.05, 0.1) is 18.6 Å². The van der Waals surface area contributed by atoms with Crippen molar-refractivity contribution in [3.8, 4) is 0 Å². The second kappa shape index (κ2) is 7.80. The quantitative estimate of drug-likeness (QED) is 0.457. The summed E-state index contributed by atoms with van der Waals surface area (Å²) < 4.78 is 10.9. The lowest BCUT2D eigenvalue weighted by atomic mass is 9.85. The molecule has 1 aliphatic carbocycles. The van der Waals surface area contributed by atoms with Crippen molar-refractivity contribution in [2.45, 2.75) is 45.0 Å². The van der Waals surface area contributed by atoms with Crippen molar-refractivity contribution >= 4 is 11.9 Å². The molecule has 2 N–H and O–H groups in total. The summed E-state index contributed by atoms with van der Waals surface area (Å²) >= 11 is 0. The molecule has 0 spiro atoms. The zero-order chi connectivity index (χ0) is 18.7. The number of aliphatic hydroxyl groups is 2. The normalized spacial score (nSPS) is 34.1. The van der Waals surface area contributed by atoms with Gasteiger partial charge in [-0.25, -0.2) is 9.59 Å². The molecule has 4 atom stereocenters. The highest BCUT2D eigenvalue weighted by molar-refractivity contribution is 5.91. The Bertz CT molecular complexity index is 657. The van der Waals surface area contributed by atoms with Crippen LogP contribution in [0, 0.1) is 5.92 Å². The fraction of sp³-hybridized carbons (Fsp3) is 0.474. The van der Waals surface area contributed by atoms with E-state index in [0.29, 0.717) is 12.0 Å². The molecular formula is C19H24O6. The van der Waals surface area contributed by atoms with Crippen LogP contribution in [-0.4, -0.2) is 47.1 Å². The molecule has 2 aliphatic rings. The molecule has 0 saturated carbocycles. The largest absolute Gasteiger partial charge is 0.458 e. The van der Waals surface area contributed by atoms with E-state index >= 15 is 0 Å². The Morgan fingerprint density at radius 2 is 2.08 bits per heavy atom. The average Bonchev–Trinajstić information content (AvgIpc) is 2.79. The van der Waals surface area contributed by atoms with Crippen molar-refractivity contribution in [2.24, 2.45) is 5.92 Å². The molecule has 2 rings (SSSR count). The molecule has 1 saturated heterocycles. The smallest absolute Gasteiger partial charge is 0.334 e. The Morgan fingerprint density at radius 1 is 1.40 bits per heavy atom. The van der Waals surface area contributed by atoms with Crippen LogP contribution in [-0.2, 0) is 19.1 Å². The zero-order valence-electron chi connectivity index (χ0n) is 14.5. The first-order chi connectivity index (χ1) is 11.7. The predicted octanol–water partition coefficient (Wildman–Crippen LogP) is 1.59. The van der Waals surface area contributed by atoms with E-state index in [-0.39, 0.29) is 24.2 Å². The van der Waals surface area contributed by atoms with Crippen LogP contribution in [0.3, 0.4) is 0 Å². The van der Waals surface area contributed by atoms with Crippen LogP contribution >= 0.6 is 0 Å². The molecule has 6 heteroatoms. The van der Waals surface area contributed by atoms with Gasteiger partial charge in [-0.1, -0.05) is 24.8 Å². The highest BCUT2D eigenvalue weighted by Crippen LogP contribution is 2.36. The number of esters is 2. The first-order valence-corrected chi connectivity index (χ1v) is 8.15. The Kier molecular flexibility index (Phi) is 5.98. The number of aliphatic hydroxyl groups excluding tert-OH is 2. The third-order valence-electron chi connectivity index (χ3n) is 4.34. The minimum absolute atomic E-state index is 0.163. The second-order valence-corrected chi connectivity index (χ2v) is 6.62. The van der Waals surface area contributed by atoms with E-state index in [1.165, 1.54) is 6.92 Å². The van der Waals surface area contributed by atoms with Gasteiger partial charge in [0, 0.05) is 17.6 Å². The Balaban J connectivity index is 2.45. The summed E-state index contributed by atoms with van der Waals surface area (Å²) in [5, 5.41) is 19.7. The first-order valence-electron chi connectivity index (χ1n) is 8.15. The third kappa shape index (κ3) is 4.46. The summed E-state index contributed by atoms with van der Waals surface area (Å²) in [6.07, 6.45) is 1.65. The van der Waals surface area contributed by atoms with Gasteiger partial charge in [0.1, 0.15) is 12.2 Å². The minimum atomic E-state index is -0.784. The second-order valence-electron chi connectivity index (χ2n) is 6.62. The van der Waals surface area contributed by atoms with Crippen LogP contribution < -0.4 is 0 Å². The molecule has 0 bridgehead atoms. The van der Waals surface area contributed by atoms with Crippen LogP contribution in [0.2, 0.25) is 0 Å². The van der Waals surface area contributed by atoms with Gasteiger partial charge < -0.3 is 19.7 Å². The standard InChI is InChI=1S/C19H24O6/c1-10(2)18(22)24-16-8-13(9-20)7-14(21)5-11(3)6-15-17(16)12(4)19(23)25-15/h6-7,14-17,20-21H,1,4-5,8-9H2,2-3H3/b11-6+,13-7+/t14-,15+,16+,17-/m0/s1. The summed E-state index contributed by atoms with van der Waals surface area (Å²) in [4.78, 5) is 24.0. The van der Waals surface area contributed by atoms with Gasteiger partial charge >= 0.3 is 11.9 Å². The molecular weight excluding hydrogens is 324 g/mol. The van der Waals surface area contributed by atoms with Gasteiger partial charge in [-0.3, -0.25) is 0 Å². The van der Waals surface area contributed by atoms with E-state index < -0.39 is 36.2 Å². The number of hydrogen-bond donors (Lipinski definition) is 2. The van der Waals surface area contributed by atoms with Gasteiger partial charge in [-0.2, -0.15) is 0 Å². The van der Waals surface area contributed by atoms with E-state index in [1.807, 2.05) is 6.92 Å². The number of rotatable bonds is 3.